The van der Waals surface area contributed by atoms with Crippen molar-refractivity contribution < 1.29 is 29.3 Å². The lowest BCUT2D eigenvalue weighted by Crippen LogP contribution is -2.31. The summed E-state index contributed by atoms with van der Waals surface area (Å²) in [4.78, 5) is 31.3. The average Bonchev–Trinajstić information content (AvgIpc) is 3.13. The van der Waals surface area contributed by atoms with Crippen molar-refractivity contribution in [2.75, 3.05) is 27.2 Å². The molecule has 0 radical (unpaired) electrons. The number of aliphatic carboxylic acids is 1. The fraction of sp³-hybridized carbons (Fsp3) is 0.400. The number of rotatable bonds is 12. The molecule has 0 saturated heterocycles. The summed E-state index contributed by atoms with van der Waals surface area (Å²) in [5.41, 5.74) is 7.54. The number of nitrogens with zero attached hydrogens (tertiary/aromatic N) is 2. The lowest BCUT2D eigenvalue weighted by atomic mass is 9.86. The zero-order valence-corrected chi connectivity index (χ0v) is 25.8. The minimum atomic E-state index is -1.19. The Labute approximate surface area is 258 Å². The third kappa shape index (κ3) is 8.16. The van der Waals surface area contributed by atoms with Crippen molar-refractivity contribution >= 4 is 18.0 Å². The Morgan fingerprint density at radius 1 is 1.09 bits per heavy atom. The maximum absolute atomic E-state index is 14.1. The van der Waals surface area contributed by atoms with Crippen LogP contribution >= 0.6 is 0 Å². The standard InChI is InChI=1S/C35H42FN3O5/c1-21(2)33-29(15-14-26(40)19-27(41)20-31(42)43)32(23-10-12-25(36)13-11-23)28-7-5-6-22-8-9-24(18-30(22)34(28)38-33)35(44)37-16-17-39(3)4/h8-15,18,21,26-27,40-41H,5-7,16-17,19-20H2,1-4H3,(H,37,44)(H,42,43)/b15-14+/t26-,27-/m1/s1. The smallest absolute Gasteiger partial charge is 0.305 e. The number of halogens is 1. The highest BCUT2D eigenvalue weighted by atomic mass is 19.1. The van der Waals surface area contributed by atoms with Crippen molar-refractivity contribution in [2.24, 2.45) is 0 Å². The van der Waals surface area contributed by atoms with Gasteiger partial charge >= 0.3 is 5.97 Å². The summed E-state index contributed by atoms with van der Waals surface area (Å²) in [7, 11) is 3.91. The van der Waals surface area contributed by atoms with E-state index in [1.807, 2.05) is 51.0 Å². The molecule has 0 aliphatic heterocycles. The first-order chi connectivity index (χ1) is 20.9. The summed E-state index contributed by atoms with van der Waals surface area (Å²) in [6.45, 7) is 5.31. The third-order valence-corrected chi connectivity index (χ3v) is 7.80. The number of pyridine rings is 1. The largest absolute Gasteiger partial charge is 0.481 e. The molecule has 4 N–H and O–H groups in total. The van der Waals surface area contributed by atoms with Crippen molar-refractivity contribution in [1.29, 1.82) is 0 Å². The molecule has 0 saturated carbocycles. The van der Waals surface area contributed by atoms with Crippen LogP contribution in [0.3, 0.4) is 0 Å². The maximum atomic E-state index is 14.1. The van der Waals surface area contributed by atoms with Crippen LogP contribution in [0.5, 0.6) is 0 Å². The number of benzene rings is 2. The highest BCUT2D eigenvalue weighted by Crippen LogP contribution is 2.42. The van der Waals surface area contributed by atoms with Crippen molar-refractivity contribution in [1.82, 2.24) is 15.2 Å². The van der Waals surface area contributed by atoms with Gasteiger partial charge in [-0.05, 0) is 85.8 Å². The van der Waals surface area contributed by atoms with Gasteiger partial charge in [0.15, 0.2) is 0 Å². The second kappa shape index (κ2) is 14.7. The number of carbonyl (C=O) groups excluding carboxylic acids is 1. The minimum absolute atomic E-state index is 0.0295. The second-order valence-electron chi connectivity index (χ2n) is 12.0. The molecule has 3 aromatic rings. The van der Waals surface area contributed by atoms with E-state index in [2.05, 4.69) is 5.32 Å². The minimum Gasteiger partial charge on any atom is -0.481 e. The van der Waals surface area contributed by atoms with Crippen LogP contribution in [0.25, 0.3) is 28.5 Å². The number of hydrogen-bond acceptors (Lipinski definition) is 6. The van der Waals surface area contributed by atoms with Gasteiger partial charge in [0.25, 0.3) is 5.91 Å². The van der Waals surface area contributed by atoms with Crippen LogP contribution in [-0.2, 0) is 17.6 Å². The van der Waals surface area contributed by atoms with Gasteiger partial charge < -0.3 is 25.5 Å². The van der Waals surface area contributed by atoms with E-state index in [1.54, 1.807) is 24.3 Å². The normalized spacial score (nSPS) is 14.3. The zero-order chi connectivity index (χ0) is 32.0. The lowest BCUT2D eigenvalue weighted by Gasteiger charge is -2.22. The van der Waals surface area contributed by atoms with E-state index >= 15 is 0 Å². The van der Waals surface area contributed by atoms with Crippen LogP contribution in [0.15, 0.2) is 48.5 Å². The first-order valence-corrected chi connectivity index (χ1v) is 15.1. The predicted molar refractivity (Wildman–Crippen MR) is 170 cm³/mol. The molecule has 1 aliphatic carbocycles. The Hall–Kier alpha value is -3.92. The fourth-order valence-corrected chi connectivity index (χ4v) is 5.63. The number of amides is 1. The Balaban J connectivity index is 1.87. The van der Waals surface area contributed by atoms with Crippen LogP contribution in [-0.4, -0.2) is 76.5 Å². The molecule has 1 aliphatic rings. The van der Waals surface area contributed by atoms with Gasteiger partial charge in [0, 0.05) is 36.2 Å². The van der Waals surface area contributed by atoms with Gasteiger partial charge in [0.2, 0.25) is 0 Å². The summed E-state index contributed by atoms with van der Waals surface area (Å²) in [5, 5.41) is 32.7. The summed E-state index contributed by atoms with van der Waals surface area (Å²) >= 11 is 0. The van der Waals surface area contributed by atoms with Crippen LogP contribution in [0.1, 0.15) is 71.8 Å². The second-order valence-corrected chi connectivity index (χ2v) is 12.0. The number of aryl methyl sites for hydroxylation is 1. The van der Waals surface area contributed by atoms with Gasteiger partial charge in [0.05, 0.1) is 30.0 Å². The highest BCUT2D eigenvalue weighted by Gasteiger charge is 2.26. The predicted octanol–water partition coefficient (Wildman–Crippen LogP) is 5.06. The number of aliphatic hydroxyl groups is 2. The van der Waals surface area contributed by atoms with Crippen molar-refractivity contribution in [2.45, 2.75) is 64.1 Å². The SMILES string of the molecule is CC(C)c1nc2c(c(-c3ccc(F)cc3)c1/C=C/[C@@H](O)C[C@@H](O)CC(=O)O)CCCc1ccc(C(=O)NCCN(C)C)cc1-2. The number of nitrogens with one attached hydrogen (secondary N) is 1. The molecule has 9 heteroatoms. The lowest BCUT2D eigenvalue weighted by molar-refractivity contribution is -0.139. The third-order valence-electron chi connectivity index (χ3n) is 7.80. The molecule has 0 bridgehead atoms. The van der Waals surface area contributed by atoms with Crippen LogP contribution < -0.4 is 5.32 Å². The van der Waals surface area contributed by atoms with Crippen LogP contribution in [0, 0.1) is 5.82 Å². The zero-order valence-electron chi connectivity index (χ0n) is 25.8. The van der Waals surface area contributed by atoms with E-state index in [0.717, 1.165) is 64.2 Å². The molecule has 0 spiro atoms. The molecular weight excluding hydrogens is 561 g/mol. The Bertz CT molecular complexity index is 1520. The van der Waals surface area contributed by atoms with Gasteiger partial charge in [-0.25, -0.2) is 4.39 Å². The molecule has 1 heterocycles. The number of carboxylic acids is 1. The number of carbonyl (C=O) groups is 2. The van der Waals surface area contributed by atoms with Gasteiger partial charge in [-0.15, -0.1) is 0 Å². The van der Waals surface area contributed by atoms with E-state index in [4.69, 9.17) is 10.1 Å². The molecule has 0 unspecified atom stereocenters. The van der Waals surface area contributed by atoms with Gasteiger partial charge in [-0.2, -0.15) is 0 Å². The summed E-state index contributed by atoms with van der Waals surface area (Å²) < 4.78 is 14.1. The summed E-state index contributed by atoms with van der Waals surface area (Å²) in [6, 6.07) is 12.1. The molecule has 44 heavy (non-hydrogen) atoms. The van der Waals surface area contributed by atoms with E-state index in [9.17, 15) is 24.2 Å². The van der Waals surface area contributed by atoms with E-state index in [-0.39, 0.29) is 24.1 Å². The van der Waals surface area contributed by atoms with Gasteiger partial charge in [-0.3, -0.25) is 14.6 Å². The monoisotopic (exact) mass is 603 g/mol. The molecule has 2 aromatic carbocycles. The topological polar surface area (TPSA) is 123 Å². The molecule has 0 fully saturated rings. The van der Waals surface area contributed by atoms with E-state index < -0.39 is 24.6 Å². The first-order valence-electron chi connectivity index (χ1n) is 15.1. The number of aromatic nitrogens is 1. The molecule has 1 aromatic heterocycles. The maximum Gasteiger partial charge on any atom is 0.305 e. The Kier molecular flexibility index (Phi) is 11.0. The first kappa shape index (κ1) is 33.0. The molecule has 2 atom stereocenters. The highest BCUT2D eigenvalue weighted by molar-refractivity contribution is 5.96. The summed E-state index contributed by atoms with van der Waals surface area (Å²) in [6.07, 6.45) is 2.82. The summed E-state index contributed by atoms with van der Waals surface area (Å²) in [5.74, 6) is -1.67. The van der Waals surface area contributed by atoms with Crippen LogP contribution in [0.2, 0.25) is 0 Å². The van der Waals surface area contributed by atoms with Crippen molar-refractivity contribution in [3.8, 4) is 22.4 Å². The molecule has 4 rings (SSSR count). The molecule has 234 valence electrons. The molecule has 1 amide bonds. The number of hydrogen-bond donors (Lipinski definition) is 4. The number of aliphatic hydroxyl groups excluding tert-OH is 2. The van der Waals surface area contributed by atoms with E-state index in [1.165, 1.54) is 12.1 Å². The van der Waals surface area contributed by atoms with E-state index in [0.29, 0.717) is 18.5 Å². The number of fused-ring (bicyclic) bond motifs is 3. The van der Waals surface area contributed by atoms with Crippen molar-refractivity contribution in [3.05, 3.63) is 82.3 Å². The number of carboxylic acid groups (broad SMARTS) is 1. The molecule has 8 nitrogen and oxygen atoms in total. The van der Waals surface area contributed by atoms with Gasteiger partial charge in [0.1, 0.15) is 5.82 Å². The Morgan fingerprint density at radius 3 is 2.48 bits per heavy atom. The van der Waals surface area contributed by atoms with Gasteiger partial charge in [-0.1, -0.05) is 44.2 Å². The quantitative estimate of drug-likeness (QED) is 0.228. The fourth-order valence-electron chi connectivity index (χ4n) is 5.63. The number of likely N-dealkylation sites (N-methyl/N-ethyl adjacent to an activating group) is 1. The van der Waals surface area contributed by atoms with Crippen molar-refractivity contribution in [3.63, 3.8) is 0 Å². The Morgan fingerprint density at radius 2 is 1.82 bits per heavy atom. The molecular formula is C35H42FN3O5. The van der Waals surface area contributed by atoms with Crippen LogP contribution in [0.4, 0.5) is 4.39 Å². The average molecular weight is 604 g/mol.